The molecule has 0 aromatic heterocycles. The van der Waals surface area contributed by atoms with Gasteiger partial charge in [0.2, 0.25) is 0 Å². The minimum absolute atomic E-state index is 0.0000146. The lowest BCUT2D eigenvalue weighted by Crippen LogP contribution is -2.47. The number of aliphatic hydroxyl groups excluding tert-OH is 1. The Morgan fingerprint density at radius 2 is 1.88 bits per heavy atom. The van der Waals surface area contributed by atoms with Gasteiger partial charge in [0, 0.05) is 16.7 Å². The van der Waals surface area contributed by atoms with Crippen molar-refractivity contribution in [3.05, 3.63) is 34.4 Å². The number of hydrogen-bond donors (Lipinski definition) is 2. The molecule has 138 valence electrons. The Hall–Kier alpha value is -2.71. The minimum Gasteiger partial charge on any atom is -0.504 e. The number of ketones is 2. The number of esters is 1. The van der Waals surface area contributed by atoms with E-state index >= 15 is 0 Å². The van der Waals surface area contributed by atoms with Crippen molar-refractivity contribution < 1.29 is 38.8 Å². The topological polar surface area (TPSA) is 119 Å². The summed E-state index contributed by atoms with van der Waals surface area (Å²) in [5, 5.41) is 20.5. The molecule has 1 heterocycles. The van der Waals surface area contributed by atoms with Crippen molar-refractivity contribution in [2.45, 2.75) is 31.7 Å². The van der Waals surface area contributed by atoms with Crippen molar-refractivity contribution >= 4 is 17.5 Å². The van der Waals surface area contributed by atoms with Gasteiger partial charge in [-0.1, -0.05) is 0 Å². The van der Waals surface area contributed by atoms with E-state index in [1.165, 1.54) is 26.4 Å². The van der Waals surface area contributed by atoms with Gasteiger partial charge in [-0.2, -0.15) is 0 Å². The van der Waals surface area contributed by atoms with Crippen molar-refractivity contribution in [3.8, 4) is 11.5 Å². The predicted molar refractivity (Wildman–Crippen MR) is 87.3 cm³/mol. The van der Waals surface area contributed by atoms with Crippen LogP contribution in [0, 0.1) is 0 Å². The second-order valence-electron chi connectivity index (χ2n) is 6.07. The first-order chi connectivity index (χ1) is 12.3. The highest BCUT2D eigenvalue weighted by Crippen LogP contribution is 2.42. The quantitative estimate of drug-likeness (QED) is 0.758. The number of Topliss-reactive ketones (excluding diaryl/α,β-unsaturated/α-hetero) is 2. The van der Waals surface area contributed by atoms with Crippen molar-refractivity contribution in [2.75, 3.05) is 14.2 Å². The van der Waals surface area contributed by atoms with Crippen LogP contribution in [0.1, 0.15) is 34.1 Å². The summed E-state index contributed by atoms with van der Waals surface area (Å²) in [7, 11) is 2.48. The maximum absolute atomic E-state index is 13.0. The zero-order valence-corrected chi connectivity index (χ0v) is 14.4. The van der Waals surface area contributed by atoms with Crippen molar-refractivity contribution in [1.29, 1.82) is 0 Å². The molecule has 3 atom stereocenters. The van der Waals surface area contributed by atoms with E-state index in [0.717, 1.165) is 0 Å². The number of phenols is 1. The van der Waals surface area contributed by atoms with Gasteiger partial charge in [-0.25, -0.2) is 0 Å². The number of aromatic hydroxyl groups is 1. The summed E-state index contributed by atoms with van der Waals surface area (Å²) in [4.78, 5) is 37.5. The van der Waals surface area contributed by atoms with E-state index in [9.17, 15) is 24.6 Å². The lowest BCUT2D eigenvalue weighted by atomic mass is 9.76. The zero-order chi connectivity index (χ0) is 19.2. The molecule has 1 aliphatic heterocycles. The third kappa shape index (κ3) is 2.58. The van der Waals surface area contributed by atoms with Gasteiger partial charge >= 0.3 is 5.97 Å². The standard InChI is InChI=1S/C18H18O8/c1-7-12-14(16(22)10(26-7)6-11(20)24-2)15(21)8-4-5-9(19)18(25-3)13(8)17(12)23/h4-5,7,10,16,19,22H,6H2,1-3H3. The second kappa shape index (κ2) is 6.54. The molecule has 3 unspecified atom stereocenters. The van der Waals surface area contributed by atoms with Gasteiger partial charge in [-0.3, -0.25) is 14.4 Å². The van der Waals surface area contributed by atoms with E-state index in [-0.39, 0.29) is 40.2 Å². The van der Waals surface area contributed by atoms with E-state index < -0.39 is 35.8 Å². The smallest absolute Gasteiger partial charge is 0.308 e. The van der Waals surface area contributed by atoms with E-state index in [2.05, 4.69) is 4.74 Å². The Labute approximate surface area is 149 Å². The molecule has 3 rings (SSSR count). The highest BCUT2D eigenvalue weighted by Gasteiger charge is 2.46. The average molecular weight is 362 g/mol. The first kappa shape index (κ1) is 18.1. The molecule has 0 saturated heterocycles. The first-order valence-corrected chi connectivity index (χ1v) is 7.95. The summed E-state index contributed by atoms with van der Waals surface area (Å²) in [5.74, 6) is -2.11. The van der Waals surface area contributed by atoms with Crippen molar-refractivity contribution in [1.82, 2.24) is 0 Å². The van der Waals surface area contributed by atoms with Crippen LogP contribution in [0.15, 0.2) is 23.3 Å². The monoisotopic (exact) mass is 362 g/mol. The van der Waals surface area contributed by atoms with Gasteiger partial charge in [0.1, 0.15) is 6.10 Å². The van der Waals surface area contributed by atoms with Gasteiger partial charge in [0.25, 0.3) is 0 Å². The number of rotatable bonds is 3. The zero-order valence-electron chi connectivity index (χ0n) is 14.4. The molecular formula is C18H18O8. The molecule has 8 heteroatoms. The Bertz CT molecular complexity index is 838. The van der Waals surface area contributed by atoms with Crippen LogP contribution in [0.3, 0.4) is 0 Å². The molecular weight excluding hydrogens is 344 g/mol. The highest BCUT2D eigenvalue weighted by molar-refractivity contribution is 6.29. The maximum atomic E-state index is 13.0. The second-order valence-corrected chi connectivity index (χ2v) is 6.07. The molecule has 1 aromatic rings. The van der Waals surface area contributed by atoms with Crippen LogP contribution in [-0.2, 0) is 14.3 Å². The van der Waals surface area contributed by atoms with Gasteiger partial charge in [0.15, 0.2) is 23.1 Å². The number of carbonyl (C=O) groups is 3. The van der Waals surface area contributed by atoms with E-state index in [4.69, 9.17) is 9.47 Å². The molecule has 2 N–H and O–H groups in total. The van der Waals surface area contributed by atoms with Crippen LogP contribution in [0.5, 0.6) is 11.5 Å². The summed E-state index contributed by atoms with van der Waals surface area (Å²) in [6.07, 6.45) is -3.55. The molecule has 1 aliphatic carbocycles. The van der Waals surface area contributed by atoms with Crippen LogP contribution in [0.4, 0.5) is 0 Å². The summed E-state index contributed by atoms with van der Waals surface area (Å²) >= 11 is 0. The number of benzene rings is 1. The average Bonchev–Trinajstić information content (AvgIpc) is 2.61. The molecule has 26 heavy (non-hydrogen) atoms. The van der Waals surface area contributed by atoms with Gasteiger partial charge in [0.05, 0.1) is 38.4 Å². The first-order valence-electron chi connectivity index (χ1n) is 7.95. The number of carbonyl (C=O) groups excluding carboxylic acids is 3. The third-order valence-corrected chi connectivity index (χ3v) is 4.62. The lowest BCUT2D eigenvalue weighted by molar-refractivity contribution is -0.148. The number of aliphatic hydroxyl groups is 1. The number of phenolic OH excluding ortho intramolecular Hbond substituents is 1. The van der Waals surface area contributed by atoms with Crippen molar-refractivity contribution in [3.63, 3.8) is 0 Å². The molecule has 0 amide bonds. The normalized spacial score (nSPS) is 24.8. The molecule has 0 spiro atoms. The molecule has 8 nitrogen and oxygen atoms in total. The van der Waals surface area contributed by atoms with Crippen LogP contribution in [0.25, 0.3) is 0 Å². The molecule has 0 radical (unpaired) electrons. The number of hydrogen-bond acceptors (Lipinski definition) is 8. The fraction of sp³-hybridized carbons (Fsp3) is 0.389. The van der Waals surface area contributed by atoms with Gasteiger partial charge in [-0.15, -0.1) is 0 Å². The number of ether oxygens (including phenoxy) is 3. The van der Waals surface area contributed by atoms with Crippen molar-refractivity contribution in [2.24, 2.45) is 0 Å². The van der Waals surface area contributed by atoms with Crippen LogP contribution < -0.4 is 4.74 Å². The van der Waals surface area contributed by atoms with Crippen LogP contribution in [-0.4, -0.2) is 60.3 Å². The summed E-state index contributed by atoms with van der Waals surface area (Å²) < 4.78 is 15.3. The fourth-order valence-corrected chi connectivity index (χ4v) is 3.41. The highest BCUT2D eigenvalue weighted by atomic mass is 16.5. The van der Waals surface area contributed by atoms with E-state index in [1.807, 2.05) is 0 Å². The Balaban J connectivity index is 2.12. The predicted octanol–water partition coefficient (Wildman–Crippen LogP) is 0.788. The molecule has 1 aromatic carbocycles. The summed E-state index contributed by atoms with van der Waals surface area (Å²) in [6.45, 7) is 1.55. The molecule has 0 saturated carbocycles. The lowest BCUT2D eigenvalue weighted by Gasteiger charge is -2.37. The Morgan fingerprint density at radius 1 is 1.19 bits per heavy atom. The van der Waals surface area contributed by atoms with E-state index in [0.29, 0.717) is 0 Å². The fourth-order valence-electron chi connectivity index (χ4n) is 3.41. The molecule has 0 fully saturated rings. The van der Waals surface area contributed by atoms with Gasteiger partial charge < -0.3 is 24.4 Å². The van der Waals surface area contributed by atoms with Crippen LogP contribution >= 0.6 is 0 Å². The Morgan fingerprint density at radius 3 is 2.50 bits per heavy atom. The molecule has 0 bridgehead atoms. The Kier molecular flexibility index (Phi) is 4.55. The largest absolute Gasteiger partial charge is 0.504 e. The third-order valence-electron chi connectivity index (χ3n) is 4.62. The van der Waals surface area contributed by atoms with Crippen LogP contribution in [0.2, 0.25) is 0 Å². The maximum Gasteiger partial charge on any atom is 0.308 e. The number of methoxy groups -OCH3 is 2. The summed E-state index contributed by atoms with van der Waals surface area (Å²) in [5.41, 5.74) is -0.137. The SMILES string of the molecule is COC(=O)CC1OC(C)C2=C(C(=O)c3ccc(O)c(OC)c3C2=O)C1O. The number of fused-ring (bicyclic) bond motifs is 1. The van der Waals surface area contributed by atoms with Gasteiger partial charge in [-0.05, 0) is 19.1 Å². The minimum atomic E-state index is -1.45. The molecule has 2 aliphatic rings. The van der Waals surface area contributed by atoms with E-state index in [1.54, 1.807) is 6.92 Å². The summed E-state index contributed by atoms with van der Waals surface area (Å²) in [6, 6.07) is 2.55.